The second kappa shape index (κ2) is 9.76. The van der Waals surface area contributed by atoms with E-state index in [9.17, 15) is 0 Å². The van der Waals surface area contributed by atoms with Crippen molar-refractivity contribution in [1.29, 1.82) is 0 Å². The summed E-state index contributed by atoms with van der Waals surface area (Å²) in [5.41, 5.74) is 0. The minimum Gasteiger partial charge on any atom is -0.116 e. The Kier molecular flexibility index (Phi) is 7.97. The second-order valence-corrected chi connectivity index (χ2v) is 21.1. The first-order valence-electron chi connectivity index (χ1n) is 6.92. The molecular formula is C12H8S13. The van der Waals surface area contributed by atoms with Crippen LogP contribution in [0.1, 0.15) is 0 Å². The lowest BCUT2D eigenvalue weighted by atomic mass is 11.0. The summed E-state index contributed by atoms with van der Waals surface area (Å²) in [6.07, 6.45) is 0. The molecule has 0 nitrogen and oxygen atoms in total. The third-order valence-corrected chi connectivity index (χ3v) is 23.3. The molecule has 0 aromatic carbocycles. The van der Waals surface area contributed by atoms with Crippen LogP contribution in [0.15, 0.2) is 33.9 Å². The van der Waals surface area contributed by atoms with Crippen molar-refractivity contribution in [1.82, 2.24) is 0 Å². The molecule has 5 heterocycles. The van der Waals surface area contributed by atoms with E-state index in [1.54, 1.807) is 16.9 Å². The van der Waals surface area contributed by atoms with Gasteiger partial charge in [0.1, 0.15) is 0 Å². The SMILES string of the molecule is C1CSC2=C(S1)SC(=C1SSSC(=C3SC4=C(SCCS4)S3)SS1)S2. The summed E-state index contributed by atoms with van der Waals surface area (Å²) in [6, 6.07) is 0. The molecule has 13 heteroatoms. The number of hydrogen-bond donors (Lipinski definition) is 0. The van der Waals surface area contributed by atoms with E-state index in [1.807, 2.05) is 147 Å². The van der Waals surface area contributed by atoms with Crippen molar-refractivity contribution in [2.75, 3.05) is 23.0 Å². The van der Waals surface area contributed by atoms with Crippen LogP contribution in [0.2, 0.25) is 0 Å². The average molecular weight is 569 g/mol. The molecule has 0 aliphatic carbocycles. The van der Waals surface area contributed by atoms with Gasteiger partial charge in [0.2, 0.25) is 0 Å². The van der Waals surface area contributed by atoms with E-state index in [-0.39, 0.29) is 0 Å². The molecular weight excluding hydrogens is 561 g/mol. The maximum Gasteiger partial charge on any atom is 0.0838 e. The summed E-state index contributed by atoms with van der Waals surface area (Å²) < 4.78 is 12.2. The van der Waals surface area contributed by atoms with Crippen LogP contribution in [0.25, 0.3) is 0 Å². The van der Waals surface area contributed by atoms with Crippen LogP contribution in [-0.4, -0.2) is 23.0 Å². The van der Waals surface area contributed by atoms with Gasteiger partial charge in [-0.3, -0.25) is 0 Å². The van der Waals surface area contributed by atoms with Crippen LogP contribution in [0.3, 0.4) is 0 Å². The Morgan fingerprint density at radius 2 is 0.720 bits per heavy atom. The molecule has 0 amide bonds. The highest BCUT2D eigenvalue weighted by Gasteiger charge is 2.31. The van der Waals surface area contributed by atoms with Crippen molar-refractivity contribution in [2.45, 2.75) is 0 Å². The summed E-state index contributed by atoms with van der Waals surface area (Å²) >= 11 is 16.2. The molecule has 0 N–H and O–H groups in total. The van der Waals surface area contributed by atoms with Crippen LogP contribution in [0.5, 0.6) is 0 Å². The molecule has 5 rings (SSSR count). The van der Waals surface area contributed by atoms with Crippen molar-refractivity contribution in [3.8, 4) is 0 Å². The van der Waals surface area contributed by atoms with Crippen molar-refractivity contribution < 1.29 is 0 Å². The third kappa shape index (κ3) is 4.89. The van der Waals surface area contributed by atoms with Gasteiger partial charge >= 0.3 is 0 Å². The molecule has 5 aliphatic heterocycles. The van der Waals surface area contributed by atoms with Gasteiger partial charge in [-0.2, -0.15) is 0 Å². The highest BCUT2D eigenvalue weighted by Crippen LogP contribution is 2.70. The maximum absolute atomic E-state index is 2.04. The molecule has 0 bridgehead atoms. The van der Waals surface area contributed by atoms with Crippen molar-refractivity contribution in [3.05, 3.63) is 33.9 Å². The quantitative estimate of drug-likeness (QED) is 0.255. The zero-order valence-electron chi connectivity index (χ0n) is 12.1. The first kappa shape index (κ1) is 20.4. The summed E-state index contributed by atoms with van der Waals surface area (Å²) in [5, 5.41) is 0. The Labute approximate surface area is 201 Å². The van der Waals surface area contributed by atoms with Gasteiger partial charge in [0.05, 0.1) is 33.9 Å². The van der Waals surface area contributed by atoms with Crippen molar-refractivity contribution in [2.24, 2.45) is 0 Å². The van der Waals surface area contributed by atoms with Crippen LogP contribution < -0.4 is 0 Å². The molecule has 1 saturated heterocycles. The molecule has 0 radical (unpaired) electrons. The van der Waals surface area contributed by atoms with Gasteiger partial charge < -0.3 is 0 Å². The standard InChI is InChI=1S/C12H8S13/c1-2-14-6-5(13-1)17-9(18-6)11-21-22-12(24-25-23-11)10-19-7-8(20-10)16-4-3-15-7/h1-4H2. The minimum atomic E-state index is 1.26. The fourth-order valence-corrected chi connectivity index (χ4v) is 24.7. The normalized spacial score (nSPS) is 27.8. The number of rotatable bonds is 0. The average Bonchev–Trinajstić information content (AvgIpc) is 3.19. The molecule has 0 aromatic heterocycles. The number of thioether (sulfide) groups is 8. The molecule has 0 aromatic rings. The van der Waals surface area contributed by atoms with E-state index in [4.69, 9.17) is 0 Å². The minimum absolute atomic E-state index is 1.26. The molecule has 25 heavy (non-hydrogen) atoms. The Morgan fingerprint density at radius 1 is 0.360 bits per heavy atom. The van der Waals surface area contributed by atoms with Gasteiger partial charge in [-0.1, -0.05) is 47.0 Å². The summed E-state index contributed by atoms with van der Waals surface area (Å²) in [5.74, 6) is 5.05. The smallest absolute Gasteiger partial charge is 0.0838 e. The van der Waals surface area contributed by atoms with Gasteiger partial charge in [-0.05, 0) is 53.0 Å². The Morgan fingerprint density at radius 3 is 1.08 bits per heavy atom. The Hall–Kier alpha value is 3.51. The zero-order valence-corrected chi connectivity index (χ0v) is 22.8. The van der Waals surface area contributed by atoms with Gasteiger partial charge in [-0.25, -0.2) is 0 Å². The molecule has 0 atom stereocenters. The highest BCUT2D eigenvalue weighted by atomic mass is 33.5. The lowest BCUT2D eigenvalue weighted by Gasteiger charge is -2.08. The van der Waals surface area contributed by atoms with E-state index >= 15 is 0 Å². The van der Waals surface area contributed by atoms with Crippen molar-refractivity contribution in [3.63, 3.8) is 0 Å². The van der Waals surface area contributed by atoms with Crippen LogP contribution in [0, 0.1) is 0 Å². The lowest BCUT2D eigenvalue weighted by molar-refractivity contribution is 1.56. The highest BCUT2D eigenvalue weighted by molar-refractivity contribution is 9.15. The maximum atomic E-state index is 2.04. The molecule has 0 unspecified atom stereocenters. The molecule has 0 saturated carbocycles. The van der Waals surface area contributed by atoms with Crippen LogP contribution in [-0.2, 0) is 0 Å². The van der Waals surface area contributed by atoms with Gasteiger partial charge in [-0.15, -0.1) is 47.0 Å². The summed E-state index contributed by atoms with van der Waals surface area (Å²) in [7, 11) is 9.77. The van der Waals surface area contributed by atoms with E-state index < -0.39 is 0 Å². The molecule has 134 valence electrons. The summed E-state index contributed by atoms with van der Waals surface area (Å²) in [4.78, 5) is 0. The number of hydrogen-bond acceptors (Lipinski definition) is 13. The Balaban J connectivity index is 1.29. The third-order valence-electron chi connectivity index (χ3n) is 2.92. The molecule has 1 fully saturated rings. The van der Waals surface area contributed by atoms with Crippen LogP contribution >= 0.6 is 147 Å². The Bertz CT molecular complexity index is 617. The van der Waals surface area contributed by atoms with Crippen LogP contribution in [0.4, 0.5) is 0 Å². The predicted molar refractivity (Wildman–Crippen MR) is 146 cm³/mol. The second-order valence-electron chi connectivity index (χ2n) is 4.50. The van der Waals surface area contributed by atoms with Gasteiger partial charge in [0.15, 0.2) is 0 Å². The predicted octanol–water partition coefficient (Wildman–Crippen LogP) is 9.84. The molecule has 0 spiro atoms. The topological polar surface area (TPSA) is 0 Å². The largest absolute Gasteiger partial charge is 0.116 e. The van der Waals surface area contributed by atoms with Gasteiger partial charge in [0, 0.05) is 23.0 Å². The molecule has 5 aliphatic rings. The first-order chi connectivity index (χ1) is 12.4. The lowest BCUT2D eigenvalue weighted by Crippen LogP contribution is -1.88. The van der Waals surface area contributed by atoms with Crippen molar-refractivity contribution >= 4 is 147 Å². The fraction of sp³-hybridized carbons (Fsp3) is 0.333. The van der Waals surface area contributed by atoms with Gasteiger partial charge in [0.25, 0.3) is 0 Å². The summed E-state index contributed by atoms with van der Waals surface area (Å²) in [6.45, 7) is 0. The van der Waals surface area contributed by atoms with E-state index in [0.717, 1.165) is 0 Å². The zero-order chi connectivity index (χ0) is 16.6. The van der Waals surface area contributed by atoms with E-state index in [2.05, 4.69) is 0 Å². The van der Waals surface area contributed by atoms with E-state index in [0.29, 0.717) is 0 Å². The monoisotopic (exact) mass is 568 g/mol. The fourth-order valence-electron chi connectivity index (χ4n) is 1.92. The first-order valence-corrected chi connectivity index (χ1v) is 19.8. The van der Waals surface area contributed by atoms with E-state index in [1.165, 1.54) is 40.0 Å².